The average molecular weight is 272 g/mol. The highest BCUT2D eigenvalue weighted by Gasteiger charge is 2.10. The molecule has 18 heavy (non-hydrogen) atoms. The zero-order valence-corrected chi connectivity index (χ0v) is 10.8. The summed E-state index contributed by atoms with van der Waals surface area (Å²) in [5.41, 5.74) is -0.109. The third-order valence-electron chi connectivity index (χ3n) is 2.36. The Morgan fingerprint density at radius 3 is 2.50 bits per heavy atom. The summed E-state index contributed by atoms with van der Waals surface area (Å²) in [6.07, 6.45) is 2.29. The van der Waals surface area contributed by atoms with E-state index in [9.17, 15) is 13.0 Å². The topological polar surface area (TPSA) is 52.9 Å². The minimum Gasteiger partial charge on any atom is -0.312 e. The van der Waals surface area contributed by atoms with Gasteiger partial charge in [-0.1, -0.05) is 0 Å². The normalized spacial score (nSPS) is 12.1. The van der Waals surface area contributed by atoms with Gasteiger partial charge in [0.15, 0.2) is 0 Å². The van der Waals surface area contributed by atoms with E-state index in [0.717, 1.165) is 12.1 Å². The van der Waals surface area contributed by atoms with Crippen molar-refractivity contribution in [2.75, 3.05) is 18.6 Å². The maximum Gasteiger partial charge on any atom is 0.131 e. The molecule has 1 rings (SSSR count). The van der Waals surface area contributed by atoms with Crippen molar-refractivity contribution in [3.8, 4) is 6.07 Å². The molecule has 1 aromatic carbocycles. The minimum atomic E-state index is -0.851. The number of benzene rings is 1. The fraction of sp³-hybridized carbons (Fsp3) is 0.417. The van der Waals surface area contributed by atoms with E-state index < -0.39 is 22.4 Å². The minimum absolute atomic E-state index is 0.0323. The first kappa shape index (κ1) is 14.7. The van der Waals surface area contributed by atoms with Crippen LogP contribution in [0.15, 0.2) is 12.1 Å². The third kappa shape index (κ3) is 4.51. The van der Waals surface area contributed by atoms with E-state index in [4.69, 9.17) is 5.26 Å². The van der Waals surface area contributed by atoms with Crippen LogP contribution in [0.4, 0.5) is 8.78 Å². The summed E-state index contributed by atoms with van der Waals surface area (Å²) >= 11 is 0. The van der Waals surface area contributed by atoms with Crippen molar-refractivity contribution in [3.05, 3.63) is 34.9 Å². The standard InChI is InChI=1S/C12H14F2N2OS/c1-18(17)4-2-3-16-8-10-11(13)5-9(7-15)6-12(10)14/h5-6,16H,2-4,8H2,1H3. The van der Waals surface area contributed by atoms with Crippen LogP contribution in [0.25, 0.3) is 0 Å². The van der Waals surface area contributed by atoms with Crippen molar-refractivity contribution in [2.24, 2.45) is 0 Å². The fourth-order valence-electron chi connectivity index (χ4n) is 1.45. The molecule has 0 bridgehead atoms. The first-order chi connectivity index (χ1) is 8.54. The van der Waals surface area contributed by atoms with Crippen molar-refractivity contribution in [2.45, 2.75) is 13.0 Å². The van der Waals surface area contributed by atoms with Gasteiger partial charge in [0, 0.05) is 34.9 Å². The number of hydrogen-bond acceptors (Lipinski definition) is 3. The van der Waals surface area contributed by atoms with Crippen LogP contribution in [0.3, 0.4) is 0 Å². The molecule has 0 amide bonds. The zero-order chi connectivity index (χ0) is 13.5. The quantitative estimate of drug-likeness (QED) is 0.802. The Morgan fingerprint density at radius 1 is 1.39 bits per heavy atom. The molecule has 6 heteroatoms. The molecule has 0 aliphatic rings. The molecule has 98 valence electrons. The van der Waals surface area contributed by atoms with Crippen LogP contribution in [0, 0.1) is 23.0 Å². The molecule has 0 aliphatic carbocycles. The first-order valence-electron chi connectivity index (χ1n) is 5.43. The SMILES string of the molecule is CS(=O)CCCNCc1c(F)cc(C#N)cc1F. The summed E-state index contributed by atoms with van der Waals surface area (Å²) in [5, 5.41) is 11.4. The van der Waals surface area contributed by atoms with Gasteiger partial charge in [-0.2, -0.15) is 5.26 Å². The van der Waals surface area contributed by atoms with E-state index in [0.29, 0.717) is 18.7 Å². The maximum absolute atomic E-state index is 13.5. The summed E-state index contributed by atoms with van der Waals surface area (Å²) < 4.78 is 37.7. The molecule has 1 atom stereocenters. The number of rotatable bonds is 6. The predicted molar refractivity (Wildman–Crippen MR) is 66.3 cm³/mol. The Morgan fingerprint density at radius 2 is 2.00 bits per heavy atom. The van der Waals surface area contributed by atoms with Gasteiger partial charge in [0.25, 0.3) is 0 Å². The van der Waals surface area contributed by atoms with E-state index in [1.165, 1.54) is 0 Å². The molecule has 0 saturated carbocycles. The predicted octanol–water partition coefficient (Wildman–Crippen LogP) is 1.69. The second-order valence-corrected chi connectivity index (χ2v) is 5.39. The molecule has 1 aromatic rings. The molecule has 0 heterocycles. The van der Waals surface area contributed by atoms with E-state index in [1.54, 1.807) is 12.3 Å². The lowest BCUT2D eigenvalue weighted by molar-refractivity contribution is 0.534. The lowest BCUT2D eigenvalue weighted by Gasteiger charge is -2.07. The Bertz CT molecular complexity index is 462. The highest BCUT2D eigenvalue weighted by atomic mass is 32.2. The van der Waals surface area contributed by atoms with Gasteiger partial charge in [0.2, 0.25) is 0 Å². The molecule has 1 N–H and O–H groups in total. The smallest absolute Gasteiger partial charge is 0.131 e. The Balaban J connectivity index is 2.53. The number of nitrogens with zero attached hydrogens (tertiary/aromatic N) is 1. The van der Waals surface area contributed by atoms with E-state index in [-0.39, 0.29) is 17.7 Å². The monoisotopic (exact) mass is 272 g/mol. The van der Waals surface area contributed by atoms with Gasteiger partial charge in [-0.25, -0.2) is 8.78 Å². The summed E-state index contributed by atoms with van der Waals surface area (Å²) in [4.78, 5) is 0. The molecule has 0 aromatic heterocycles. The maximum atomic E-state index is 13.5. The Hall–Kier alpha value is -1.32. The van der Waals surface area contributed by atoms with Crippen LogP contribution in [0.5, 0.6) is 0 Å². The number of halogens is 2. The summed E-state index contributed by atoms with van der Waals surface area (Å²) in [6.45, 7) is 0.595. The van der Waals surface area contributed by atoms with Gasteiger partial charge in [0.05, 0.1) is 11.6 Å². The van der Waals surface area contributed by atoms with Crippen molar-refractivity contribution in [1.82, 2.24) is 5.32 Å². The molecule has 0 fully saturated rings. The highest BCUT2D eigenvalue weighted by Crippen LogP contribution is 2.14. The van der Waals surface area contributed by atoms with E-state index in [1.807, 2.05) is 0 Å². The summed E-state index contributed by atoms with van der Waals surface area (Å²) in [7, 11) is -0.851. The average Bonchev–Trinajstić information content (AvgIpc) is 2.31. The third-order valence-corrected chi connectivity index (χ3v) is 3.22. The fourth-order valence-corrected chi connectivity index (χ4v) is 2.00. The van der Waals surface area contributed by atoms with Crippen molar-refractivity contribution in [3.63, 3.8) is 0 Å². The molecule has 0 saturated heterocycles. The van der Waals surface area contributed by atoms with Gasteiger partial charge >= 0.3 is 0 Å². The second kappa shape index (κ2) is 7.19. The van der Waals surface area contributed by atoms with Gasteiger partial charge in [-0.3, -0.25) is 4.21 Å². The van der Waals surface area contributed by atoms with Crippen LogP contribution in [0.1, 0.15) is 17.5 Å². The van der Waals surface area contributed by atoms with Crippen molar-refractivity contribution in [1.29, 1.82) is 5.26 Å². The van der Waals surface area contributed by atoms with Crippen molar-refractivity contribution >= 4 is 10.8 Å². The lowest BCUT2D eigenvalue weighted by Crippen LogP contribution is -2.18. The molecule has 1 unspecified atom stereocenters. The number of hydrogen-bond donors (Lipinski definition) is 1. The Kier molecular flexibility index (Phi) is 5.89. The summed E-state index contributed by atoms with van der Waals surface area (Å²) in [6, 6.07) is 3.72. The van der Waals surface area contributed by atoms with Gasteiger partial charge in [0.1, 0.15) is 11.6 Å². The largest absolute Gasteiger partial charge is 0.312 e. The molecular formula is C12H14F2N2OS. The second-order valence-electron chi connectivity index (χ2n) is 3.84. The summed E-state index contributed by atoms with van der Waals surface area (Å²) in [5.74, 6) is -0.887. The lowest BCUT2D eigenvalue weighted by atomic mass is 10.1. The number of nitriles is 1. The first-order valence-corrected chi connectivity index (χ1v) is 7.16. The van der Waals surface area contributed by atoms with Crippen LogP contribution < -0.4 is 5.32 Å². The zero-order valence-electron chi connectivity index (χ0n) is 10.0. The molecule has 0 aliphatic heterocycles. The molecular weight excluding hydrogens is 258 g/mol. The van der Waals surface area contributed by atoms with Crippen LogP contribution in [-0.2, 0) is 17.3 Å². The van der Waals surface area contributed by atoms with Crippen LogP contribution >= 0.6 is 0 Å². The van der Waals surface area contributed by atoms with Gasteiger partial charge < -0.3 is 5.32 Å². The molecule has 0 spiro atoms. The van der Waals surface area contributed by atoms with Crippen molar-refractivity contribution < 1.29 is 13.0 Å². The van der Waals surface area contributed by atoms with Gasteiger partial charge in [-0.05, 0) is 25.1 Å². The van der Waals surface area contributed by atoms with Crippen LogP contribution in [0.2, 0.25) is 0 Å². The molecule has 3 nitrogen and oxygen atoms in total. The van der Waals surface area contributed by atoms with Gasteiger partial charge in [-0.15, -0.1) is 0 Å². The van der Waals surface area contributed by atoms with Crippen LogP contribution in [-0.4, -0.2) is 22.8 Å². The van der Waals surface area contributed by atoms with E-state index in [2.05, 4.69) is 5.32 Å². The van der Waals surface area contributed by atoms with E-state index >= 15 is 0 Å². The number of nitrogens with one attached hydrogen (secondary N) is 1. The molecule has 0 radical (unpaired) electrons. The Labute approximate surface area is 107 Å². The highest BCUT2D eigenvalue weighted by molar-refractivity contribution is 7.84.